The highest BCUT2D eigenvalue weighted by Crippen LogP contribution is 2.46. The maximum absolute atomic E-state index is 6.55. The van der Waals surface area contributed by atoms with Crippen molar-refractivity contribution in [3.8, 4) is 0 Å². The molecule has 1 saturated heterocycles. The second-order valence-electron chi connectivity index (χ2n) is 8.46. The Hall–Kier alpha value is -0.0800. The minimum absolute atomic E-state index is 0.295. The zero-order valence-electron chi connectivity index (χ0n) is 14.8. The molecule has 2 unspecified atom stereocenters. The standard InChI is InChI=1S/C19H37NO/c1-5-9-18(4,15-20-14-16(2)3)13-17-8-12-19(21-17)10-6-7-11-19/h16-17,20H,5-15H2,1-4H3. The van der Waals surface area contributed by atoms with Crippen LogP contribution >= 0.6 is 0 Å². The van der Waals surface area contributed by atoms with E-state index in [0.717, 1.165) is 19.0 Å². The molecular weight excluding hydrogens is 258 g/mol. The van der Waals surface area contributed by atoms with E-state index in [0.29, 0.717) is 17.1 Å². The van der Waals surface area contributed by atoms with E-state index in [9.17, 15) is 0 Å². The Morgan fingerprint density at radius 1 is 1.24 bits per heavy atom. The summed E-state index contributed by atoms with van der Waals surface area (Å²) >= 11 is 0. The van der Waals surface area contributed by atoms with Crippen LogP contribution in [0.1, 0.15) is 85.5 Å². The van der Waals surface area contributed by atoms with Gasteiger partial charge in [-0.15, -0.1) is 0 Å². The average Bonchev–Trinajstić information content (AvgIpc) is 3.00. The molecule has 0 aromatic carbocycles. The lowest BCUT2D eigenvalue weighted by atomic mass is 9.79. The van der Waals surface area contributed by atoms with Gasteiger partial charge < -0.3 is 10.1 Å². The molecule has 2 nitrogen and oxygen atoms in total. The highest BCUT2D eigenvalue weighted by atomic mass is 16.5. The Labute approximate surface area is 132 Å². The van der Waals surface area contributed by atoms with Crippen molar-refractivity contribution in [2.24, 2.45) is 11.3 Å². The molecule has 2 fully saturated rings. The Morgan fingerprint density at radius 3 is 2.57 bits per heavy atom. The van der Waals surface area contributed by atoms with Crippen LogP contribution < -0.4 is 5.32 Å². The van der Waals surface area contributed by atoms with Crippen molar-refractivity contribution < 1.29 is 4.74 Å². The van der Waals surface area contributed by atoms with Gasteiger partial charge in [-0.1, -0.05) is 47.0 Å². The molecule has 1 N–H and O–H groups in total. The largest absolute Gasteiger partial charge is 0.372 e. The molecule has 2 aliphatic rings. The highest BCUT2D eigenvalue weighted by molar-refractivity contribution is 4.94. The van der Waals surface area contributed by atoms with Gasteiger partial charge in [0, 0.05) is 6.54 Å². The lowest BCUT2D eigenvalue weighted by Gasteiger charge is -2.34. The molecule has 0 bridgehead atoms. The van der Waals surface area contributed by atoms with Gasteiger partial charge in [0.15, 0.2) is 0 Å². The molecule has 0 amide bonds. The number of rotatable bonds is 8. The van der Waals surface area contributed by atoms with Gasteiger partial charge in [-0.25, -0.2) is 0 Å². The van der Waals surface area contributed by atoms with Crippen molar-refractivity contribution in [1.82, 2.24) is 5.32 Å². The van der Waals surface area contributed by atoms with Gasteiger partial charge in [-0.2, -0.15) is 0 Å². The summed E-state index contributed by atoms with van der Waals surface area (Å²) < 4.78 is 6.55. The summed E-state index contributed by atoms with van der Waals surface area (Å²) in [6.07, 6.45) is 12.4. The normalized spacial score (nSPS) is 27.6. The maximum Gasteiger partial charge on any atom is 0.0687 e. The van der Waals surface area contributed by atoms with Crippen LogP contribution in [0.2, 0.25) is 0 Å². The topological polar surface area (TPSA) is 21.3 Å². The Balaban J connectivity index is 1.84. The fourth-order valence-corrected chi connectivity index (χ4v) is 4.50. The molecule has 1 aliphatic carbocycles. The third kappa shape index (κ3) is 4.96. The van der Waals surface area contributed by atoms with Crippen molar-refractivity contribution >= 4 is 0 Å². The maximum atomic E-state index is 6.55. The van der Waals surface area contributed by atoms with Gasteiger partial charge in [0.05, 0.1) is 11.7 Å². The molecule has 2 heteroatoms. The molecule has 1 saturated carbocycles. The quantitative estimate of drug-likeness (QED) is 0.686. The third-order valence-electron chi connectivity index (χ3n) is 5.53. The minimum Gasteiger partial charge on any atom is -0.372 e. The monoisotopic (exact) mass is 295 g/mol. The van der Waals surface area contributed by atoms with E-state index in [4.69, 9.17) is 4.74 Å². The SMILES string of the molecule is CCCC(C)(CNCC(C)C)CC1CCC2(CCCC2)O1. The van der Waals surface area contributed by atoms with E-state index < -0.39 is 0 Å². The summed E-state index contributed by atoms with van der Waals surface area (Å²) in [5, 5.41) is 3.69. The van der Waals surface area contributed by atoms with Crippen LogP contribution in [0.15, 0.2) is 0 Å². The summed E-state index contributed by atoms with van der Waals surface area (Å²) in [6.45, 7) is 11.6. The van der Waals surface area contributed by atoms with Gasteiger partial charge in [0.2, 0.25) is 0 Å². The van der Waals surface area contributed by atoms with Gasteiger partial charge in [0.1, 0.15) is 0 Å². The molecule has 2 atom stereocenters. The van der Waals surface area contributed by atoms with Crippen LogP contribution in [0, 0.1) is 11.3 Å². The van der Waals surface area contributed by atoms with E-state index in [1.54, 1.807) is 0 Å². The predicted molar refractivity (Wildman–Crippen MR) is 90.6 cm³/mol. The lowest BCUT2D eigenvalue weighted by molar-refractivity contribution is -0.0527. The molecule has 1 aliphatic heterocycles. The van der Waals surface area contributed by atoms with E-state index in [2.05, 4.69) is 33.0 Å². The summed E-state index contributed by atoms with van der Waals surface area (Å²) in [5.41, 5.74) is 0.696. The molecule has 2 rings (SSSR count). The second-order valence-corrected chi connectivity index (χ2v) is 8.46. The number of nitrogens with one attached hydrogen (secondary N) is 1. The summed E-state index contributed by atoms with van der Waals surface area (Å²) in [5.74, 6) is 0.736. The van der Waals surface area contributed by atoms with Crippen LogP contribution in [-0.2, 0) is 4.74 Å². The molecule has 1 spiro atoms. The number of hydrogen-bond acceptors (Lipinski definition) is 2. The molecule has 124 valence electrons. The predicted octanol–water partition coefficient (Wildman–Crippen LogP) is 4.92. The third-order valence-corrected chi connectivity index (χ3v) is 5.53. The van der Waals surface area contributed by atoms with E-state index >= 15 is 0 Å². The number of ether oxygens (including phenoxy) is 1. The Kier molecular flexibility index (Phi) is 6.14. The fourth-order valence-electron chi connectivity index (χ4n) is 4.50. The van der Waals surface area contributed by atoms with Crippen molar-refractivity contribution in [3.05, 3.63) is 0 Å². The zero-order chi connectivity index (χ0) is 15.3. The van der Waals surface area contributed by atoms with Crippen molar-refractivity contribution in [2.75, 3.05) is 13.1 Å². The zero-order valence-corrected chi connectivity index (χ0v) is 14.8. The molecule has 21 heavy (non-hydrogen) atoms. The number of hydrogen-bond donors (Lipinski definition) is 1. The first-order valence-corrected chi connectivity index (χ1v) is 9.35. The van der Waals surface area contributed by atoms with E-state index in [-0.39, 0.29) is 0 Å². The van der Waals surface area contributed by atoms with Crippen LogP contribution in [-0.4, -0.2) is 24.8 Å². The molecular formula is C19H37NO. The smallest absolute Gasteiger partial charge is 0.0687 e. The van der Waals surface area contributed by atoms with Crippen molar-refractivity contribution in [1.29, 1.82) is 0 Å². The minimum atomic E-state index is 0.295. The van der Waals surface area contributed by atoms with Gasteiger partial charge in [-0.3, -0.25) is 0 Å². The first-order chi connectivity index (χ1) is 9.97. The van der Waals surface area contributed by atoms with Crippen LogP contribution in [0.25, 0.3) is 0 Å². The Bertz CT molecular complexity index is 309. The molecule has 0 aromatic rings. The van der Waals surface area contributed by atoms with E-state index in [1.807, 2.05) is 0 Å². The second kappa shape index (κ2) is 7.46. The van der Waals surface area contributed by atoms with Gasteiger partial charge in [0.25, 0.3) is 0 Å². The highest BCUT2D eigenvalue weighted by Gasteiger charge is 2.43. The van der Waals surface area contributed by atoms with E-state index in [1.165, 1.54) is 57.8 Å². The molecule has 0 aromatic heterocycles. The first-order valence-electron chi connectivity index (χ1n) is 9.35. The molecule has 0 radical (unpaired) electrons. The average molecular weight is 296 g/mol. The summed E-state index contributed by atoms with van der Waals surface area (Å²) in [6, 6.07) is 0. The fraction of sp³-hybridized carbons (Fsp3) is 1.00. The van der Waals surface area contributed by atoms with Crippen molar-refractivity contribution in [3.63, 3.8) is 0 Å². The van der Waals surface area contributed by atoms with Gasteiger partial charge >= 0.3 is 0 Å². The lowest BCUT2D eigenvalue weighted by Crippen LogP contribution is -2.37. The molecule has 1 heterocycles. The summed E-state index contributed by atoms with van der Waals surface area (Å²) in [4.78, 5) is 0. The summed E-state index contributed by atoms with van der Waals surface area (Å²) in [7, 11) is 0. The van der Waals surface area contributed by atoms with Gasteiger partial charge in [-0.05, 0) is 56.4 Å². The van der Waals surface area contributed by atoms with Crippen molar-refractivity contribution in [2.45, 2.75) is 97.2 Å². The van der Waals surface area contributed by atoms with Crippen LogP contribution in [0.3, 0.4) is 0 Å². The first kappa shape index (κ1) is 17.3. The Morgan fingerprint density at radius 2 is 1.95 bits per heavy atom. The van der Waals surface area contributed by atoms with Crippen LogP contribution in [0.4, 0.5) is 0 Å². The van der Waals surface area contributed by atoms with Crippen LogP contribution in [0.5, 0.6) is 0 Å².